The zero-order valence-electron chi connectivity index (χ0n) is 10.9. The maximum atomic E-state index is 13.0. The van der Waals surface area contributed by atoms with Crippen molar-refractivity contribution in [3.05, 3.63) is 71.5 Å². The minimum absolute atomic E-state index is 0.277. The number of hydrogen-bond donors (Lipinski definition) is 2. The molecule has 20 heavy (non-hydrogen) atoms. The first-order valence-electron chi connectivity index (χ1n) is 6.43. The Labute approximate surface area is 117 Å². The second-order valence-corrected chi connectivity index (χ2v) is 4.48. The van der Waals surface area contributed by atoms with E-state index in [1.807, 2.05) is 30.3 Å². The Balaban J connectivity index is 1.83. The maximum Gasteiger partial charge on any atom is 0.251 e. The van der Waals surface area contributed by atoms with E-state index >= 15 is 0 Å². The summed E-state index contributed by atoms with van der Waals surface area (Å²) in [6, 6.07) is 14.8. The summed E-state index contributed by atoms with van der Waals surface area (Å²) in [4.78, 5) is 11.8. The van der Waals surface area contributed by atoms with Gasteiger partial charge in [-0.2, -0.15) is 0 Å². The van der Waals surface area contributed by atoms with Crippen molar-refractivity contribution >= 4 is 5.91 Å². The molecular weight excluding hydrogens is 257 g/mol. The SMILES string of the molecule is O=C(NCC[C@H](O)c1ccccc1)c1cccc(F)c1. The summed E-state index contributed by atoms with van der Waals surface area (Å²) < 4.78 is 13.0. The fraction of sp³-hybridized carbons (Fsp3) is 0.188. The molecule has 1 atom stereocenters. The average molecular weight is 273 g/mol. The monoisotopic (exact) mass is 273 g/mol. The molecule has 0 aliphatic rings. The van der Waals surface area contributed by atoms with Crippen LogP contribution in [0.25, 0.3) is 0 Å². The number of halogens is 1. The number of nitrogens with one attached hydrogen (secondary N) is 1. The van der Waals surface area contributed by atoms with E-state index in [4.69, 9.17) is 0 Å². The third kappa shape index (κ3) is 3.90. The molecule has 0 spiro atoms. The molecule has 0 aliphatic heterocycles. The molecule has 0 bridgehead atoms. The smallest absolute Gasteiger partial charge is 0.251 e. The molecule has 1 amide bonds. The lowest BCUT2D eigenvalue weighted by Gasteiger charge is -2.11. The van der Waals surface area contributed by atoms with Crippen LogP contribution in [0, 0.1) is 5.82 Å². The Bertz CT molecular complexity index is 572. The molecule has 2 rings (SSSR count). The van der Waals surface area contributed by atoms with Gasteiger partial charge in [0.15, 0.2) is 0 Å². The van der Waals surface area contributed by atoms with E-state index in [0.717, 1.165) is 5.56 Å². The number of aliphatic hydroxyl groups is 1. The minimum Gasteiger partial charge on any atom is -0.388 e. The van der Waals surface area contributed by atoms with Crippen LogP contribution >= 0.6 is 0 Å². The summed E-state index contributed by atoms with van der Waals surface area (Å²) in [5.74, 6) is -0.785. The molecule has 0 radical (unpaired) electrons. The molecule has 0 saturated heterocycles. The number of rotatable bonds is 5. The van der Waals surface area contributed by atoms with Crippen LogP contribution in [0.3, 0.4) is 0 Å². The van der Waals surface area contributed by atoms with Gasteiger partial charge in [-0.15, -0.1) is 0 Å². The van der Waals surface area contributed by atoms with Gasteiger partial charge in [0.05, 0.1) is 6.10 Å². The molecule has 2 aromatic carbocycles. The van der Waals surface area contributed by atoms with E-state index in [1.54, 1.807) is 6.07 Å². The summed E-state index contributed by atoms with van der Waals surface area (Å²) in [5, 5.41) is 12.6. The van der Waals surface area contributed by atoms with Crippen LogP contribution in [0.2, 0.25) is 0 Å². The maximum absolute atomic E-state index is 13.0. The standard InChI is InChI=1S/C16H16FNO2/c17-14-8-4-7-13(11-14)16(20)18-10-9-15(19)12-5-2-1-3-6-12/h1-8,11,15,19H,9-10H2,(H,18,20)/t15-/m0/s1. The molecule has 2 N–H and O–H groups in total. The van der Waals surface area contributed by atoms with Crippen LogP contribution in [-0.4, -0.2) is 17.6 Å². The average Bonchev–Trinajstić information content (AvgIpc) is 2.48. The Morgan fingerprint density at radius 1 is 1.15 bits per heavy atom. The van der Waals surface area contributed by atoms with Gasteiger partial charge >= 0.3 is 0 Å². The van der Waals surface area contributed by atoms with Gasteiger partial charge in [0.2, 0.25) is 0 Å². The van der Waals surface area contributed by atoms with E-state index in [-0.39, 0.29) is 11.5 Å². The van der Waals surface area contributed by atoms with Crippen LogP contribution < -0.4 is 5.32 Å². The fourth-order valence-electron chi connectivity index (χ4n) is 1.90. The Morgan fingerprint density at radius 2 is 1.90 bits per heavy atom. The second kappa shape index (κ2) is 6.82. The number of aliphatic hydroxyl groups excluding tert-OH is 1. The molecule has 0 aliphatic carbocycles. The number of benzene rings is 2. The van der Waals surface area contributed by atoms with Crippen molar-refractivity contribution in [3.8, 4) is 0 Å². The van der Waals surface area contributed by atoms with Gasteiger partial charge in [0.25, 0.3) is 5.91 Å². The number of carbonyl (C=O) groups is 1. The summed E-state index contributed by atoms with van der Waals surface area (Å²) in [7, 11) is 0. The van der Waals surface area contributed by atoms with Gasteiger partial charge in [-0.3, -0.25) is 4.79 Å². The normalized spacial score (nSPS) is 11.9. The lowest BCUT2D eigenvalue weighted by atomic mass is 10.1. The lowest BCUT2D eigenvalue weighted by Crippen LogP contribution is -2.25. The van der Waals surface area contributed by atoms with Crippen molar-refractivity contribution in [3.63, 3.8) is 0 Å². The summed E-state index contributed by atoms with van der Waals surface area (Å²) in [6.45, 7) is 0.325. The highest BCUT2D eigenvalue weighted by molar-refractivity contribution is 5.94. The van der Waals surface area contributed by atoms with Gasteiger partial charge in [0, 0.05) is 12.1 Å². The second-order valence-electron chi connectivity index (χ2n) is 4.48. The van der Waals surface area contributed by atoms with Crippen molar-refractivity contribution in [2.75, 3.05) is 6.54 Å². The van der Waals surface area contributed by atoms with Crippen molar-refractivity contribution in [1.82, 2.24) is 5.32 Å². The summed E-state index contributed by atoms with van der Waals surface area (Å²) >= 11 is 0. The van der Waals surface area contributed by atoms with Crippen LogP contribution in [0.4, 0.5) is 4.39 Å². The molecule has 0 fully saturated rings. The summed E-state index contributed by atoms with van der Waals surface area (Å²) in [5.41, 5.74) is 1.09. The van der Waals surface area contributed by atoms with Crippen LogP contribution in [-0.2, 0) is 0 Å². The van der Waals surface area contributed by atoms with E-state index in [1.165, 1.54) is 18.2 Å². The minimum atomic E-state index is -0.621. The number of amides is 1. The van der Waals surface area contributed by atoms with E-state index in [2.05, 4.69) is 5.32 Å². The van der Waals surface area contributed by atoms with Crippen molar-refractivity contribution in [2.24, 2.45) is 0 Å². The molecule has 3 nitrogen and oxygen atoms in total. The molecule has 2 aromatic rings. The van der Waals surface area contributed by atoms with Crippen molar-refractivity contribution < 1.29 is 14.3 Å². The van der Waals surface area contributed by atoms with Gasteiger partial charge in [-0.25, -0.2) is 4.39 Å². The third-order valence-corrected chi connectivity index (χ3v) is 2.97. The molecule has 4 heteroatoms. The van der Waals surface area contributed by atoms with E-state index in [0.29, 0.717) is 13.0 Å². The quantitative estimate of drug-likeness (QED) is 0.880. The van der Waals surface area contributed by atoms with Gasteiger partial charge in [-0.05, 0) is 30.2 Å². The third-order valence-electron chi connectivity index (χ3n) is 2.97. The largest absolute Gasteiger partial charge is 0.388 e. The van der Waals surface area contributed by atoms with Crippen LogP contribution in [0.5, 0.6) is 0 Å². The zero-order chi connectivity index (χ0) is 14.4. The molecule has 0 unspecified atom stereocenters. The number of hydrogen-bond acceptors (Lipinski definition) is 2. The molecule has 104 valence electrons. The summed E-state index contributed by atoms with van der Waals surface area (Å²) in [6.07, 6.45) is -0.213. The first-order valence-corrected chi connectivity index (χ1v) is 6.43. The Kier molecular flexibility index (Phi) is 4.85. The first kappa shape index (κ1) is 14.2. The predicted octanol–water partition coefficient (Wildman–Crippen LogP) is 2.68. The Hall–Kier alpha value is -2.20. The molecule has 0 saturated carbocycles. The van der Waals surface area contributed by atoms with Gasteiger partial charge < -0.3 is 10.4 Å². The van der Waals surface area contributed by atoms with Crippen molar-refractivity contribution in [2.45, 2.75) is 12.5 Å². The van der Waals surface area contributed by atoms with Crippen molar-refractivity contribution in [1.29, 1.82) is 0 Å². The fourth-order valence-corrected chi connectivity index (χ4v) is 1.90. The van der Waals surface area contributed by atoms with Crippen LogP contribution in [0.1, 0.15) is 28.4 Å². The first-order chi connectivity index (χ1) is 9.66. The topological polar surface area (TPSA) is 49.3 Å². The highest BCUT2D eigenvalue weighted by Crippen LogP contribution is 2.15. The lowest BCUT2D eigenvalue weighted by molar-refractivity contribution is 0.0942. The molecule has 0 heterocycles. The molecular formula is C16H16FNO2. The highest BCUT2D eigenvalue weighted by atomic mass is 19.1. The highest BCUT2D eigenvalue weighted by Gasteiger charge is 2.09. The van der Waals surface area contributed by atoms with E-state index in [9.17, 15) is 14.3 Å². The zero-order valence-corrected chi connectivity index (χ0v) is 10.9. The Morgan fingerprint density at radius 3 is 2.60 bits per heavy atom. The predicted molar refractivity (Wildman–Crippen MR) is 74.8 cm³/mol. The van der Waals surface area contributed by atoms with Gasteiger partial charge in [-0.1, -0.05) is 36.4 Å². The van der Waals surface area contributed by atoms with Crippen LogP contribution in [0.15, 0.2) is 54.6 Å². The van der Waals surface area contributed by atoms with E-state index < -0.39 is 11.9 Å². The number of carbonyl (C=O) groups excluding carboxylic acids is 1. The molecule has 0 aromatic heterocycles. The van der Waals surface area contributed by atoms with Gasteiger partial charge in [0.1, 0.15) is 5.82 Å².